The van der Waals surface area contributed by atoms with Gasteiger partial charge in [-0.1, -0.05) is 0 Å². The van der Waals surface area contributed by atoms with Crippen molar-refractivity contribution in [2.75, 3.05) is 12.2 Å². The number of carbonyl (C=O) groups is 1. The molecule has 10 heavy (non-hydrogen) atoms. The highest BCUT2D eigenvalue weighted by Gasteiger charge is 2.01. The van der Waals surface area contributed by atoms with Crippen LogP contribution in [0.2, 0.25) is 0 Å². The first-order valence-corrected chi connectivity index (χ1v) is 4.48. The molecule has 60 valence electrons. The molecule has 0 aromatic rings. The molecule has 0 atom stereocenters. The minimum Gasteiger partial charge on any atom is -0.439 e. The molecule has 0 aliphatic heterocycles. The van der Waals surface area contributed by atoms with E-state index in [9.17, 15) is 4.79 Å². The molecule has 0 radical (unpaired) electrons. The fraction of sp³-hybridized carbons (Fsp3) is 0.833. The maximum atomic E-state index is 10.7. The third kappa shape index (κ3) is 5.75. The largest absolute Gasteiger partial charge is 0.439 e. The van der Waals surface area contributed by atoms with Gasteiger partial charge in [-0.05, 0) is 20.1 Å². The summed E-state index contributed by atoms with van der Waals surface area (Å²) in [6.45, 7) is 3.78. The number of thioether (sulfide) groups is 1. The van der Waals surface area contributed by atoms with Gasteiger partial charge in [-0.2, -0.15) is 0 Å². The normalized spacial score (nSPS) is 9.60. The summed E-state index contributed by atoms with van der Waals surface area (Å²) < 4.78 is 4.71. The van der Waals surface area contributed by atoms with E-state index in [1.165, 1.54) is 11.8 Å². The first-order chi connectivity index (χ1) is 4.66. The van der Waals surface area contributed by atoms with E-state index in [1.807, 2.05) is 20.1 Å². The van der Waals surface area contributed by atoms with Gasteiger partial charge in [-0.25, -0.2) is 4.79 Å². The highest BCUT2D eigenvalue weighted by molar-refractivity contribution is 7.98. The molecule has 0 aromatic carbocycles. The Hall–Kier alpha value is -0.380. The van der Waals surface area contributed by atoms with Crippen LogP contribution in [0.4, 0.5) is 4.79 Å². The third-order valence-electron chi connectivity index (χ3n) is 0.714. The molecule has 0 rings (SSSR count). The average molecular weight is 163 g/mol. The Labute approximate surface area is 65.5 Å². The molecule has 0 aliphatic rings. The Kier molecular flexibility index (Phi) is 5.20. The topological polar surface area (TPSA) is 38.3 Å². The Balaban J connectivity index is 3.26. The lowest BCUT2D eigenvalue weighted by Gasteiger charge is -2.07. The van der Waals surface area contributed by atoms with E-state index in [0.29, 0.717) is 5.94 Å². The van der Waals surface area contributed by atoms with Crippen molar-refractivity contribution in [3.8, 4) is 0 Å². The van der Waals surface area contributed by atoms with Crippen molar-refractivity contribution in [3.63, 3.8) is 0 Å². The van der Waals surface area contributed by atoms with Crippen molar-refractivity contribution in [2.45, 2.75) is 19.9 Å². The monoisotopic (exact) mass is 163 g/mol. The molecule has 0 bridgehead atoms. The van der Waals surface area contributed by atoms with Crippen LogP contribution >= 0.6 is 11.8 Å². The molecule has 0 aliphatic carbocycles. The second-order valence-electron chi connectivity index (χ2n) is 2.14. The molecule has 0 spiro atoms. The lowest BCUT2D eigenvalue weighted by molar-refractivity contribution is 0.163. The molecule has 0 fully saturated rings. The molecule has 1 N–H and O–H groups in total. The number of nitrogens with one attached hydrogen (secondary N) is 1. The summed E-state index contributed by atoms with van der Waals surface area (Å²) in [5, 5.41) is 2.60. The van der Waals surface area contributed by atoms with E-state index < -0.39 is 0 Å². The van der Waals surface area contributed by atoms with E-state index in [4.69, 9.17) is 4.74 Å². The van der Waals surface area contributed by atoms with Crippen LogP contribution in [-0.4, -0.2) is 24.3 Å². The second kappa shape index (κ2) is 5.41. The zero-order valence-electron chi connectivity index (χ0n) is 6.51. The zero-order valence-corrected chi connectivity index (χ0v) is 7.33. The van der Waals surface area contributed by atoms with Crippen molar-refractivity contribution >= 4 is 17.9 Å². The van der Waals surface area contributed by atoms with E-state index in [-0.39, 0.29) is 12.1 Å². The minimum atomic E-state index is -0.343. The summed E-state index contributed by atoms with van der Waals surface area (Å²) in [5.74, 6) is 0.415. The number of hydrogen-bond acceptors (Lipinski definition) is 3. The van der Waals surface area contributed by atoms with Crippen LogP contribution < -0.4 is 5.32 Å². The van der Waals surface area contributed by atoms with Gasteiger partial charge in [0, 0.05) is 6.04 Å². The van der Waals surface area contributed by atoms with Gasteiger partial charge >= 0.3 is 6.09 Å². The zero-order chi connectivity index (χ0) is 7.98. The number of hydrogen-bond donors (Lipinski definition) is 1. The van der Waals surface area contributed by atoms with Gasteiger partial charge in [0.25, 0.3) is 0 Å². The molecule has 3 nitrogen and oxygen atoms in total. The van der Waals surface area contributed by atoms with Gasteiger partial charge in [0.15, 0.2) is 0 Å². The maximum Gasteiger partial charge on any atom is 0.408 e. The van der Waals surface area contributed by atoms with Crippen LogP contribution in [0.15, 0.2) is 0 Å². The fourth-order valence-corrected chi connectivity index (χ4v) is 0.615. The van der Waals surface area contributed by atoms with Gasteiger partial charge in [-0.3, -0.25) is 0 Å². The molecular weight excluding hydrogens is 150 g/mol. The molecule has 0 heterocycles. The quantitative estimate of drug-likeness (QED) is 0.640. The molecule has 0 aromatic heterocycles. The molecular formula is C6H13NO2S. The van der Waals surface area contributed by atoms with Crippen molar-refractivity contribution in [1.82, 2.24) is 5.32 Å². The van der Waals surface area contributed by atoms with Crippen molar-refractivity contribution in [2.24, 2.45) is 0 Å². The predicted molar refractivity (Wildman–Crippen MR) is 43.1 cm³/mol. The van der Waals surface area contributed by atoms with Crippen LogP contribution in [0.3, 0.4) is 0 Å². The Morgan fingerprint density at radius 1 is 1.70 bits per heavy atom. The fourth-order valence-electron chi connectivity index (χ4n) is 0.390. The summed E-state index contributed by atoms with van der Waals surface area (Å²) in [4.78, 5) is 10.7. The van der Waals surface area contributed by atoms with Gasteiger partial charge in [0.2, 0.25) is 0 Å². The SMILES string of the molecule is CSCOC(=O)NC(C)C. The number of amides is 1. The van der Waals surface area contributed by atoms with Gasteiger partial charge < -0.3 is 10.1 Å². The summed E-state index contributed by atoms with van der Waals surface area (Å²) >= 11 is 1.47. The van der Waals surface area contributed by atoms with Crippen LogP contribution in [0.25, 0.3) is 0 Å². The lowest BCUT2D eigenvalue weighted by atomic mass is 10.4. The minimum absolute atomic E-state index is 0.148. The van der Waals surface area contributed by atoms with Crippen LogP contribution in [0.1, 0.15) is 13.8 Å². The average Bonchev–Trinajstić information content (AvgIpc) is 1.82. The Bertz CT molecular complexity index is 106. The Morgan fingerprint density at radius 3 is 2.70 bits per heavy atom. The number of alkyl carbamates (subject to hydrolysis) is 1. The number of carbonyl (C=O) groups excluding carboxylic acids is 1. The maximum absolute atomic E-state index is 10.7. The number of rotatable bonds is 3. The lowest BCUT2D eigenvalue weighted by Crippen LogP contribution is -2.30. The molecule has 4 heteroatoms. The van der Waals surface area contributed by atoms with E-state index in [0.717, 1.165) is 0 Å². The third-order valence-corrected chi connectivity index (χ3v) is 1.07. The van der Waals surface area contributed by atoms with Gasteiger partial charge in [0.1, 0.15) is 5.94 Å². The summed E-state index contributed by atoms with van der Waals surface area (Å²) in [6, 6.07) is 0.148. The molecule has 0 saturated carbocycles. The summed E-state index contributed by atoms with van der Waals surface area (Å²) in [5.41, 5.74) is 0. The molecule has 0 unspecified atom stereocenters. The van der Waals surface area contributed by atoms with Crippen LogP contribution in [-0.2, 0) is 4.74 Å². The van der Waals surface area contributed by atoms with Gasteiger partial charge in [-0.15, -0.1) is 11.8 Å². The first kappa shape index (κ1) is 9.62. The summed E-state index contributed by atoms with van der Waals surface area (Å²) in [7, 11) is 0. The van der Waals surface area contributed by atoms with E-state index in [2.05, 4.69) is 5.32 Å². The molecule has 0 saturated heterocycles. The first-order valence-electron chi connectivity index (χ1n) is 3.09. The number of ether oxygens (including phenoxy) is 1. The van der Waals surface area contributed by atoms with Crippen molar-refractivity contribution < 1.29 is 9.53 Å². The predicted octanol–water partition coefficient (Wildman–Crippen LogP) is 1.44. The van der Waals surface area contributed by atoms with Crippen molar-refractivity contribution in [3.05, 3.63) is 0 Å². The smallest absolute Gasteiger partial charge is 0.408 e. The molecule has 1 amide bonds. The van der Waals surface area contributed by atoms with E-state index >= 15 is 0 Å². The standard InChI is InChI=1S/C6H13NO2S/c1-5(2)7-6(8)9-4-10-3/h5H,4H2,1-3H3,(H,7,8). The highest BCUT2D eigenvalue weighted by Crippen LogP contribution is 1.92. The second-order valence-corrected chi connectivity index (χ2v) is 2.95. The van der Waals surface area contributed by atoms with Crippen molar-refractivity contribution in [1.29, 1.82) is 0 Å². The van der Waals surface area contributed by atoms with E-state index in [1.54, 1.807) is 0 Å². The van der Waals surface area contributed by atoms with Crippen LogP contribution in [0, 0.1) is 0 Å². The van der Waals surface area contributed by atoms with Gasteiger partial charge in [0.05, 0.1) is 0 Å². The Morgan fingerprint density at radius 2 is 2.30 bits per heavy atom. The highest BCUT2D eigenvalue weighted by atomic mass is 32.2. The van der Waals surface area contributed by atoms with Crippen LogP contribution in [0.5, 0.6) is 0 Å². The summed E-state index contributed by atoms with van der Waals surface area (Å²) in [6.07, 6.45) is 1.53.